The van der Waals surface area contributed by atoms with Crippen LogP contribution in [0.1, 0.15) is 5.56 Å². The van der Waals surface area contributed by atoms with E-state index in [4.69, 9.17) is 4.74 Å². The van der Waals surface area contributed by atoms with Crippen molar-refractivity contribution in [3.8, 4) is 5.75 Å². The summed E-state index contributed by atoms with van der Waals surface area (Å²) >= 11 is 0. The molecule has 0 spiro atoms. The van der Waals surface area contributed by atoms with Crippen molar-refractivity contribution in [1.82, 2.24) is 10.2 Å². The Kier molecular flexibility index (Phi) is 3.27. The predicted octanol–water partition coefficient (Wildman–Crippen LogP) is 0.789. The van der Waals surface area contributed by atoms with Gasteiger partial charge in [-0.05, 0) is 24.1 Å². The number of methoxy groups -OCH3 is 1. The average molecular weight is 234 g/mol. The van der Waals surface area contributed by atoms with E-state index in [0.717, 1.165) is 11.3 Å². The van der Waals surface area contributed by atoms with Crippen molar-refractivity contribution in [2.75, 3.05) is 20.2 Å². The van der Waals surface area contributed by atoms with Crippen LogP contribution < -0.4 is 10.1 Å². The highest BCUT2D eigenvalue weighted by molar-refractivity contribution is 6.01. The van der Waals surface area contributed by atoms with Crippen LogP contribution in [-0.4, -0.2) is 37.0 Å². The van der Waals surface area contributed by atoms with Crippen molar-refractivity contribution >= 4 is 11.9 Å². The summed E-state index contributed by atoms with van der Waals surface area (Å²) in [7, 11) is 1.61. The van der Waals surface area contributed by atoms with E-state index < -0.39 is 0 Å². The average Bonchev–Trinajstić information content (AvgIpc) is 2.67. The fraction of sp³-hybridized carbons (Fsp3) is 0.333. The van der Waals surface area contributed by atoms with Gasteiger partial charge in [-0.3, -0.25) is 9.69 Å². The van der Waals surface area contributed by atoms with Gasteiger partial charge < -0.3 is 10.1 Å². The predicted molar refractivity (Wildman–Crippen MR) is 61.8 cm³/mol. The van der Waals surface area contributed by atoms with Crippen LogP contribution in [0.4, 0.5) is 4.79 Å². The van der Waals surface area contributed by atoms with Gasteiger partial charge in [-0.1, -0.05) is 12.1 Å². The Morgan fingerprint density at radius 2 is 2.00 bits per heavy atom. The van der Waals surface area contributed by atoms with Crippen LogP contribution in [0, 0.1) is 0 Å². The number of carbonyl (C=O) groups excluding carboxylic acids is 2. The number of carbonyl (C=O) groups is 2. The van der Waals surface area contributed by atoms with E-state index in [9.17, 15) is 9.59 Å². The molecule has 1 aromatic carbocycles. The van der Waals surface area contributed by atoms with Gasteiger partial charge in [0.2, 0.25) is 5.91 Å². The van der Waals surface area contributed by atoms with E-state index in [2.05, 4.69) is 5.32 Å². The summed E-state index contributed by atoms with van der Waals surface area (Å²) in [6, 6.07) is 7.28. The van der Waals surface area contributed by atoms with Gasteiger partial charge in [0.1, 0.15) is 5.75 Å². The molecule has 0 aromatic heterocycles. The van der Waals surface area contributed by atoms with Crippen molar-refractivity contribution in [3.05, 3.63) is 29.8 Å². The molecule has 1 heterocycles. The van der Waals surface area contributed by atoms with Crippen molar-refractivity contribution in [3.63, 3.8) is 0 Å². The number of imide groups is 1. The summed E-state index contributed by atoms with van der Waals surface area (Å²) < 4.78 is 5.05. The number of benzene rings is 1. The minimum atomic E-state index is -0.302. The van der Waals surface area contributed by atoms with Gasteiger partial charge in [-0.2, -0.15) is 0 Å². The summed E-state index contributed by atoms with van der Waals surface area (Å²) in [5, 5.41) is 2.49. The summed E-state index contributed by atoms with van der Waals surface area (Å²) in [5.41, 5.74) is 1.07. The van der Waals surface area contributed by atoms with Gasteiger partial charge in [-0.25, -0.2) is 4.79 Å². The first kappa shape index (κ1) is 11.4. The number of nitrogens with one attached hydrogen (secondary N) is 1. The zero-order valence-electron chi connectivity index (χ0n) is 9.60. The molecule has 90 valence electrons. The van der Waals surface area contributed by atoms with Crippen LogP contribution >= 0.6 is 0 Å². The molecule has 3 amide bonds. The van der Waals surface area contributed by atoms with Crippen LogP contribution in [0.3, 0.4) is 0 Å². The molecule has 0 aliphatic carbocycles. The third kappa shape index (κ3) is 2.55. The quantitative estimate of drug-likeness (QED) is 0.783. The highest BCUT2D eigenvalue weighted by Gasteiger charge is 2.27. The van der Waals surface area contributed by atoms with Crippen molar-refractivity contribution in [2.45, 2.75) is 6.42 Å². The van der Waals surface area contributed by atoms with E-state index in [1.54, 1.807) is 7.11 Å². The molecule has 5 heteroatoms. The fourth-order valence-corrected chi connectivity index (χ4v) is 1.71. The molecular formula is C12H14N2O3. The maximum atomic E-state index is 11.3. The Bertz CT molecular complexity index is 412. The number of ether oxygens (including phenoxy) is 1. The monoisotopic (exact) mass is 234 g/mol. The van der Waals surface area contributed by atoms with E-state index >= 15 is 0 Å². The molecule has 1 aliphatic rings. The standard InChI is InChI=1S/C12H14N2O3/c1-17-10-4-2-9(3-5-10)6-7-14-11(15)8-13-12(14)16/h2-5H,6-8H2,1H3,(H,13,16). The normalized spacial score (nSPS) is 15.0. The minimum absolute atomic E-state index is 0.113. The third-order valence-corrected chi connectivity index (χ3v) is 2.72. The highest BCUT2D eigenvalue weighted by Crippen LogP contribution is 2.12. The summed E-state index contributed by atoms with van der Waals surface area (Å²) in [6.45, 7) is 0.526. The second-order valence-electron chi connectivity index (χ2n) is 3.80. The molecule has 2 rings (SSSR count). The van der Waals surface area contributed by atoms with Crippen LogP contribution in [0.5, 0.6) is 5.75 Å². The lowest BCUT2D eigenvalue weighted by Gasteiger charge is -2.12. The van der Waals surface area contributed by atoms with E-state index in [0.29, 0.717) is 13.0 Å². The summed E-state index contributed by atoms with van der Waals surface area (Å²) in [4.78, 5) is 23.8. The van der Waals surface area contributed by atoms with E-state index in [1.807, 2.05) is 24.3 Å². The van der Waals surface area contributed by atoms with Gasteiger partial charge in [0.15, 0.2) is 0 Å². The topological polar surface area (TPSA) is 58.6 Å². The Labute approximate surface area is 99.4 Å². The molecule has 1 aliphatic heterocycles. The molecule has 0 bridgehead atoms. The molecule has 17 heavy (non-hydrogen) atoms. The van der Waals surface area contributed by atoms with Crippen LogP contribution in [-0.2, 0) is 11.2 Å². The molecule has 5 nitrogen and oxygen atoms in total. The fourth-order valence-electron chi connectivity index (χ4n) is 1.71. The van der Waals surface area contributed by atoms with Gasteiger partial charge in [0, 0.05) is 6.54 Å². The maximum absolute atomic E-state index is 11.3. The Morgan fingerprint density at radius 1 is 1.29 bits per heavy atom. The lowest BCUT2D eigenvalue weighted by Crippen LogP contribution is -2.32. The second-order valence-corrected chi connectivity index (χ2v) is 3.80. The zero-order valence-corrected chi connectivity index (χ0v) is 9.60. The number of urea groups is 1. The van der Waals surface area contributed by atoms with Crippen molar-refractivity contribution in [2.24, 2.45) is 0 Å². The molecule has 1 fully saturated rings. The number of nitrogens with zero attached hydrogens (tertiary/aromatic N) is 1. The van der Waals surface area contributed by atoms with Gasteiger partial charge in [0.05, 0.1) is 13.7 Å². The number of hydrogen-bond acceptors (Lipinski definition) is 3. The minimum Gasteiger partial charge on any atom is -0.497 e. The van der Waals surface area contributed by atoms with Crippen molar-refractivity contribution < 1.29 is 14.3 Å². The number of amides is 3. The molecule has 1 saturated heterocycles. The second kappa shape index (κ2) is 4.86. The maximum Gasteiger partial charge on any atom is 0.324 e. The molecule has 1 N–H and O–H groups in total. The van der Waals surface area contributed by atoms with Crippen LogP contribution in [0.15, 0.2) is 24.3 Å². The molecule has 1 aromatic rings. The molecule has 0 radical (unpaired) electrons. The highest BCUT2D eigenvalue weighted by atomic mass is 16.5. The Hall–Kier alpha value is -2.04. The zero-order chi connectivity index (χ0) is 12.3. The Morgan fingerprint density at radius 3 is 2.53 bits per heavy atom. The lowest BCUT2D eigenvalue weighted by molar-refractivity contribution is -0.124. The smallest absolute Gasteiger partial charge is 0.324 e. The molecule has 0 atom stereocenters. The van der Waals surface area contributed by atoms with Gasteiger partial charge in [-0.15, -0.1) is 0 Å². The van der Waals surface area contributed by atoms with E-state index in [1.165, 1.54) is 4.90 Å². The third-order valence-electron chi connectivity index (χ3n) is 2.72. The van der Waals surface area contributed by atoms with Gasteiger partial charge in [0.25, 0.3) is 0 Å². The van der Waals surface area contributed by atoms with E-state index in [-0.39, 0.29) is 18.5 Å². The first-order valence-electron chi connectivity index (χ1n) is 5.42. The SMILES string of the molecule is COc1ccc(CCN2C(=O)CNC2=O)cc1. The number of rotatable bonds is 4. The molecular weight excluding hydrogens is 220 g/mol. The largest absolute Gasteiger partial charge is 0.497 e. The molecule has 0 unspecified atom stereocenters. The number of hydrogen-bond donors (Lipinski definition) is 1. The Balaban J connectivity index is 1.93. The summed E-state index contributed by atoms with van der Waals surface area (Å²) in [6.07, 6.45) is 0.656. The first-order chi connectivity index (χ1) is 8.20. The first-order valence-corrected chi connectivity index (χ1v) is 5.42. The summed E-state index contributed by atoms with van der Waals surface area (Å²) in [5.74, 6) is 0.632. The van der Waals surface area contributed by atoms with Gasteiger partial charge >= 0.3 is 6.03 Å². The van der Waals surface area contributed by atoms with Crippen molar-refractivity contribution in [1.29, 1.82) is 0 Å². The lowest BCUT2D eigenvalue weighted by atomic mass is 10.1. The van der Waals surface area contributed by atoms with Crippen LogP contribution in [0.25, 0.3) is 0 Å². The molecule has 0 saturated carbocycles. The van der Waals surface area contributed by atoms with Crippen LogP contribution in [0.2, 0.25) is 0 Å².